The second-order valence-electron chi connectivity index (χ2n) is 6.24. The fourth-order valence-corrected chi connectivity index (χ4v) is 3.76. The number of hydrogen-bond donors (Lipinski definition) is 3. The van der Waals surface area contributed by atoms with Crippen LogP contribution in [0.2, 0.25) is 0 Å². The summed E-state index contributed by atoms with van der Waals surface area (Å²) in [6, 6.07) is 9.73. The molecular weight excluding hydrogens is 428 g/mol. The molecule has 2 aromatic carbocycles. The third-order valence-corrected chi connectivity index (χ3v) is 5.23. The molecule has 11 nitrogen and oxygen atoms in total. The Morgan fingerprint density at radius 2 is 1.84 bits per heavy atom. The highest BCUT2D eigenvalue weighted by Gasteiger charge is 2.29. The van der Waals surface area contributed by atoms with Crippen molar-refractivity contribution in [3.8, 4) is 23.0 Å². The number of fused-ring (bicyclic) bond motifs is 1. The SMILES string of the molecule is COc1ccc(Nc2nccc(Nc3ccc4c(c3S(=O)(=O)O)OCO4)n2)cc1OC. The van der Waals surface area contributed by atoms with Crippen LogP contribution in [0, 0.1) is 0 Å². The molecule has 0 bridgehead atoms. The number of nitrogens with zero attached hydrogens (tertiary/aromatic N) is 2. The molecule has 4 rings (SSSR count). The molecule has 1 aliphatic heterocycles. The summed E-state index contributed by atoms with van der Waals surface area (Å²) in [5.41, 5.74) is 0.721. The molecule has 0 spiro atoms. The molecule has 0 unspecified atom stereocenters. The quantitative estimate of drug-likeness (QED) is 0.461. The first kappa shape index (κ1) is 20.5. The summed E-state index contributed by atoms with van der Waals surface area (Å²) in [6.45, 7) is -0.145. The van der Waals surface area contributed by atoms with Gasteiger partial charge in [-0.3, -0.25) is 4.55 Å². The van der Waals surface area contributed by atoms with Crippen molar-refractivity contribution in [2.24, 2.45) is 0 Å². The summed E-state index contributed by atoms with van der Waals surface area (Å²) in [6.07, 6.45) is 1.48. The van der Waals surface area contributed by atoms with E-state index in [2.05, 4.69) is 20.6 Å². The fraction of sp³-hybridized carbons (Fsp3) is 0.158. The van der Waals surface area contributed by atoms with Crippen molar-refractivity contribution in [1.82, 2.24) is 9.97 Å². The van der Waals surface area contributed by atoms with Gasteiger partial charge in [-0.1, -0.05) is 0 Å². The van der Waals surface area contributed by atoms with Crippen LogP contribution in [-0.4, -0.2) is 44.0 Å². The molecule has 31 heavy (non-hydrogen) atoms. The van der Waals surface area contributed by atoms with Gasteiger partial charge in [0, 0.05) is 18.0 Å². The van der Waals surface area contributed by atoms with Gasteiger partial charge in [0.05, 0.1) is 19.9 Å². The van der Waals surface area contributed by atoms with Gasteiger partial charge in [0.25, 0.3) is 10.1 Å². The Morgan fingerprint density at radius 3 is 2.58 bits per heavy atom. The minimum Gasteiger partial charge on any atom is -0.493 e. The third kappa shape index (κ3) is 4.25. The van der Waals surface area contributed by atoms with Crippen LogP contribution in [0.25, 0.3) is 0 Å². The number of aromatic nitrogens is 2. The third-order valence-electron chi connectivity index (χ3n) is 4.31. The summed E-state index contributed by atoms with van der Waals surface area (Å²) in [7, 11) is -1.53. The summed E-state index contributed by atoms with van der Waals surface area (Å²) >= 11 is 0. The average Bonchev–Trinajstić information content (AvgIpc) is 3.21. The molecule has 0 fully saturated rings. The van der Waals surface area contributed by atoms with E-state index in [0.717, 1.165) is 0 Å². The summed E-state index contributed by atoms with van der Waals surface area (Å²) in [4.78, 5) is 8.05. The van der Waals surface area contributed by atoms with Gasteiger partial charge in [-0.15, -0.1) is 0 Å². The second-order valence-corrected chi connectivity index (χ2v) is 7.59. The van der Waals surface area contributed by atoms with Crippen molar-refractivity contribution >= 4 is 33.3 Å². The number of nitrogens with one attached hydrogen (secondary N) is 2. The van der Waals surface area contributed by atoms with Crippen molar-refractivity contribution < 1.29 is 31.9 Å². The molecule has 0 amide bonds. The van der Waals surface area contributed by atoms with Gasteiger partial charge in [-0.25, -0.2) is 4.98 Å². The van der Waals surface area contributed by atoms with E-state index in [-0.39, 0.29) is 35.7 Å². The van der Waals surface area contributed by atoms with Crippen LogP contribution in [-0.2, 0) is 10.1 Å². The van der Waals surface area contributed by atoms with E-state index >= 15 is 0 Å². The molecule has 1 aliphatic rings. The van der Waals surface area contributed by atoms with E-state index in [9.17, 15) is 13.0 Å². The maximum atomic E-state index is 11.9. The zero-order chi connectivity index (χ0) is 22.0. The highest BCUT2D eigenvalue weighted by molar-refractivity contribution is 7.86. The number of ether oxygens (including phenoxy) is 4. The van der Waals surface area contributed by atoms with Crippen LogP contribution < -0.4 is 29.6 Å². The van der Waals surface area contributed by atoms with E-state index in [1.807, 2.05) is 0 Å². The lowest BCUT2D eigenvalue weighted by atomic mass is 10.2. The molecule has 3 N–H and O–H groups in total. The number of rotatable bonds is 7. The molecule has 0 saturated carbocycles. The minimum absolute atomic E-state index is 0.0646. The lowest BCUT2D eigenvalue weighted by Gasteiger charge is -2.13. The second kappa shape index (κ2) is 8.16. The minimum atomic E-state index is -4.60. The first-order valence-electron chi connectivity index (χ1n) is 8.88. The maximum absolute atomic E-state index is 11.9. The fourth-order valence-electron chi connectivity index (χ4n) is 2.97. The van der Waals surface area contributed by atoms with Crippen molar-refractivity contribution in [3.63, 3.8) is 0 Å². The highest BCUT2D eigenvalue weighted by atomic mass is 32.2. The lowest BCUT2D eigenvalue weighted by molar-refractivity contribution is 0.172. The van der Waals surface area contributed by atoms with Gasteiger partial charge in [-0.2, -0.15) is 13.4 Å². The number of methoxy groups -OCH3 is 2. The number of benzene rings is 2. The van der Waals surface area contributed by atoms with Crippen LogP contribution in [0.4, 0.5) is 23.1 Å². The Kier molecular flexibility index (Phi) is 5.40. The molecule has 3 aromatic rings. The van der Waals surface area contributed by atoms with Gasteiger partial charge in [-0.05, 0) is 30.3 Å². The van der Waals surface area contributed by atoms with Crippen LogP contribution in [0.5, 0.6) is 23.0 Å². The van der Waals surface area contributed by atoms with E-state index in [1.165, 1.54) is 31.5 Å². The predicted octanol–water partition coefficient (Wildman–Crippen LogP) is 2.96. The molecule has 1 aromatic heterocycles. The highest BCUT2D eigenvalue weighted by Crippen LogP contribution is 2.43. The van der Waals surface area contributed by atoms with Crippen LogP contribution in [0.3, 0.4) is 0 Å². The Labute approximate surface area is 177 Å². The Bertz CT molecular complexity index is 1230. The van der Waals surface area contributed by atoms with Gasteiger partial charge in [0.2, 0.25) is 12.7 Å². The topological polar surface area (TPSA) is 141 Å². The zero-order valence-corrected chi connectivity index (χ0v) is 17.3. The largest absolute Gasteiger partial charge is 0.493 e. The average molecular weight is 446 g/mol. The normalized spacial score (nSPS) is 12.4. The van der Waals surface area contributed by atoms with Crippen molar-refractivity contribution in [2.75, 3.05) is 31.6 Å². The summed E-state index contributed by atoms with van der Waals surface area (Å²) in [5, 5.41) is 5.90. The maximum Gasteiger partial charge on any atom is 0.300 e. The van der Waals surface area contributed by atoms with Crippen LogP contribution in [0.1, 0.15) is 0 Å². The predicted molar refractivity (Wildman–Crippen MR) is 111 cm³/mol. The monoisotopic (exact) mass is 446 g/mol. The Hall–Kier alpha value is -3.77. The van der Waals surface area contributed by atoms with Gasteiger partial charge in [0.15, 0.2) is 27.9 Å². The lowest BCUT2D eigenvalue weighted by Crippen LogP contribution is -2.06. The van der Waals surface area contributed by atoms with Crippen molar-refractivity contribution in [3.05, 3.63) is 42.6 Å². The van der Waals surface area contributed by atoms with Crippen LogP contribution in [0.15, 0.2) is 47.5 Å². The zero-order valence-electron chi connectivity index (χ0n) is 16.4. The summed E-state index contributed by atoms with van der Waals surface area (Å²) in [5.74, 6) is 1.78. The molecule has 0 radical (unpaired) electrons. The van der Waals surface area contributed by atoms with Gasteiger partial charge < -0.3 is 29.6 Å². The molecule has 0 atom stereocenters. The first-order valence-corrected chi connectivity index (χ1v) is 10.3. The Balaban J connectivity index is 1.62. The summed E-state index contributed by atoms with van der Waals surface area (Å²) < 4.78 is 54.4. The Morgan fingerprint density at radius 1 is 1.03 bits per heavy atom. The molecular formula is C19H18N4O7S. The molecule has 12 heteroatoms. The van der Waals surface area contributed by atoms with Crippen molar-refractivity contribution in [1.29, 1.82) is 0 Å². The molecule has 0 saturated heterocycles. The standard InChI is InChI=1S/C19H18N4O7S/c1-27-13-5-3-11(9-15(13)28-2)21-19-20-8-7-16(23-19)22-12-4-6-14-17(30-10-29-14)18(12)31(24,25)26/h3-9H,10H2,1-2H3,(H,24,25,26)(H2,20,21,22,23). The smallest absolute Gasteiger partial charge is 0.300 e. The number of hydrogen-bond acceptors (Lipinski definition) is 10. The van der Waals surface area contributed by atoms with Gasteiger partial charge >= 0.3 is 0 Å². The van der Waals surface area contributed by atoms with E-state index in [4.69, 9.17) is 18.9 Å². The van der Waals surface area contributed by atoms with E-state index < -0.39 is 15.0 Å². The van der Waals surface area contributed by atoms with E-state index in [1.54, 1.807) is 25.3 Å². The van der Waals surface area contributed by atoms with Crippen molar-refractivity contribution in [2.45, 2.75) is 4.90 Å². The van der Waals surface area contributed by atoms with E-state index in [0.29, 0.717) is 17.2 Å². The van der Waals surface area contributed by atoms with Gasteiger partial charge in [0.1, 0.15) is 5.82 Å². The molecule has 2 heterocycles. The molecule has 162 valence electrons. The first-order chi connectivity index (χ1) is 14.9. The van der Waals surface area contributed by atoms with Crippen LogP contribution >= 0.6 is 0 Å². The molecule has 0 aliphatic carbocycles. The number of anilines is 4.